The van der Waals surface area contributed by atoms with E-state index in [1.165, 1.54) is 27.9 Å². The second kappa shape index (κ2) is 8.34. The van der Waals surface area contributed by atoms with Gasteiger partial charge < -0.3 is 14.0 Å². The van der Waals surface area contributed by atoms with Crippen LogP contribution in [-0.4, -0.2) is 30.2 Å². The highest BCUT2D eigenvalue weighted by Crippen LogP contribution is 2.37. The molecule has 0 bridgehead atoms. The van der Waals surface area contributed by atoms with Crippen molar-refractivity contribution in [2.45, 2.75) is 39.4 Å². The minimum atomic E-state index is 0.150. The van der Waals surface area contributed by atoms with Crippen LogP contribution in [0.1, 0.15) is 40.4 Å². The summed E-state index contributed by atoms with van der Waals surface area (Å²) in [5.41, 5.74) is 6.57. The molecule has 0 amide bonds. The largest absolute Gasteiger partial charge is 0.497 e. The minimum Gasteiger partial charge on any atom is -0.497 e. The van der Waals surface area contributed by atoms with Crippen molar-refractivity contribution in [1.82, 2.24) is 9.47 Å². The summed E-state index contributed by atoms with van der Waals surface area (Å²) >= 11 is 0. The molecule has 0 spiro atoms. The molecule has 0 saturated carbocycles. The molecular formula is C25H30N2O2. The van der Waals surface area contributed by atoms with Gasteiger partial charge in [-0.2, -0.15) is 0 Å². The van der Waals surface area contributed by atoms with Crippen LogP contribution in [0.15, 0.2) is 54.7 Å². The molecule has 1 aliphatic heterocycles. The predicted molar refractivity (Wildman–Crippen MR) is 117 cm³/mol. The van der Waals surface area contributed by atoms with Crippen LogP contribution in [0, 0.1) is 13.8 Å². The van der Waals surface area contributed by atoms with Crippen molar-refractivity contribution in [3.8, 4) is 11.5 Å². The van der Waals surface area contributed by atoms with E-state index in [2.05, 4.69) is 72.0 Å². The molecule has 0 radical (unpaired) electrons. The monoisotopic (exact) mass is 390 g/mol. The van der Waals surface area contributed by atoms with Crippen LogP contribution in [0.3, 0.4) is 0 Å². The molecule has 1 aromatic heterocycles. The molecule has 152 valence electrons. The van der Waals surface area contributed by atoms with Crippen LogP contribution >= 0.6 is 0 Å². The molecule has 0 N–H and O–H groups in total. The Hall–Kier alpha value is -2.72. The number of fused-ring (bicyclic) bond motifs is 1. The van der Waals surface area contributed by atoms with Crippen molar-refractivity contribution in [2.75, 3.05) is 20.8 Å². The van der Waals surface area contributed by atoms with Gasteiger partial charge in [0.05, 0.1) is 20.3 Å². The van der Waals surface area contributed by atoms with Gasteiger partial charge in [-0.15, -0.1) is 0 Å². The van der Waals surface area contributed by atoms with E-state index < -0.39 is 0 Å². The Morgan fingerprint density at radius 1 is 0.931 bits per heavy atom. The highest BCUT2D eigenvalue weighted by molar-refractivity contribution is 5.43. The lowest BCUT2D eigenvalue weighted by Gasteiger charge is -2.31. The molecule has 0 saturated heterocycles. The molecule has 2 aromatic carbocycles. The fourth-order valence-electron chi connectivity index (χ4n) is 4.42. The van der Waals surface area contributed by atoms with Crippen molar-refractivity contribution < 1.29 is 9.47 Å². The van der Waals surface area contributed by atoms with Crippen LogP contribution in [-0.2, 0) is 13.1 Å². The Labute approximate surface area is 173 Å². The summed E-state index contributed by atoms with van der Waals surface area (Å²) in [7, 11) is 3.42. The van der Waals surface area contributed by atoms with Crippen LogP contribution in [0.2, 0.25) is 0 Å². The van der Waals surface area contributed by atoms with Crippen molar-refractivity contribution in [3.63, 3.8) is 0 Å². The number of ether oxygens (including phenoxy) is 2. The number of nitrogens with zero attached hydrogens (tertiary/aromatic N) is 2. The second-order valence-corrected chi connectivity index (χ2v) is 7.93. The van der Waals surface area contributed by atoms with Gasteiger partial charge in [0.2, 0.25) is 0 Å². The average molecular weight is 391 g/mol. The fraction of sp³-hybridized carbons (Fsp3) is 0.360. The normalized spacial score (nSPS) is 16.9. The zero-order valence-corrected chi connectivity index (χ0v) is 17.8. The van der Waals surface area contributed by atoms with Crippen molar-refractivity contribution in [3.05, 3.63) is 82.7 Å². The topological polar surface area (TPSA) is 26.6 Å². The molecule has 3 aromatic rings. The molecule has 2 heterocycles. The third-order valence-electron chi connectivity index (χ3n) is 5.92. The van der Waals surface area contributed by atoms with E-state index in [9.17, 15) is 0 Å². The van der Waals surface area contributed by atoms with E-state index in [1.54, 1.807) is 14.2 Å². The van der Waals surface area contributed by atoms with Gasteiger partial charge in [-0.05, 0) is 61.2 Å². The summed E-state index contributed by atoms with van der Waals surface area (Å²) in [4.78, 5) is 2.59. The van der Waals surface area contributed by atoms with Gasteiger partial charge in [0.15, 0.2) is 0 Å². The number of aromatic nitrogens is 1. The van der Waals surface area contributed by atoms with Crippen LogP contribution in [0.4, 0.5) is 0 Å². The quantitative estimate of drug-likeness (QED) is 0.605. The second-order valence-electron chi connectivity index (χ2n) is 7.93. The molecule has 29 heavy (non-hydrogen) atoms. The average Bonchev–Trinajstić information content (AvgIpc) is 3.10. The van der Waals surface area contributed by atoms with Gasteiger partial charge in [-0.1, -0.05) is 23.8 Å². The first-order valence-corrected chi connectivity index (χ1v) is 10.3. The van der Waals surface area contributed by atoms with Crippen LogP contribution in [0.5, 0.6) is 11.5 Å². The Morgan fingerprint density at radius 3 is 2.38 bits per heavy atom. The first-order chi connectivity index (χ1) is 14.1. The summed E-state index contributed by atoms with van der Waals surface area (Å²) in [6.45, 7) is 7.37. The third-order valence-corrected chi connectivity index (χ3v) is 5.92. The van der Waals surface area contributed by atoms with E-state index in [0.717, 1.165) is 37.6 Å². The number of hydrogen-bond donors (Lipinski definition) is 0. The van der Waals surface area contributed by atoms with Gasteiger partial charge in [0, 0.05) is 37.6 Å². The number of hydrogen-bond acceptors (Lipinski definition) is 3. The van der Waals surface area contributed by atoms with Gasteiger partial charge in [-0.3, -0.25) is 4.90 Å². The predicted octanol–water partition coefficient (Wildman–Crippen LogP) is 5.12. The fourth-order valence-corrected chi connectivity index (χ4v) is 4.42. The van der Waals surface area contributed by atoms with Crippen molar-refractivity contribution in [1.29, 1.82) is 0 Å². The van der Waals surface area contributed by atoms with Crippen molar-refractivity contribution in [2.24, 2.45) is 0 Å². The molecule has 0 aliphatic carbocycles. The van der Waals surface area contributed by atoms with Gasteiger partial charge in [0.25, 0.3) is 0 Å². The standard InChI is InChI=1S/C25H30N2O2/c1-18-8-9-20(19(2)13-18)17-27-12-6-11-26-10-5-7-24(26)25(27)21-14-22(28-3)16-23(15-21)29-4/h5,7-10,13-16,25H,6,11-12,17H2,1-4H3. The number of aryl methyl sites for hydroxylation is 3. The van der Waals surface area contributed by atoms with Gasteiger partial charge in [0.1, 0.15) is 11.5 Å². The molecule has 0 fully saturated rings. The zero-order chi connectivity index (χ0) is 20.4. The molecule has 4 nitrogen and oxygen atoms in total. The summed E-state index contributed by atoms with van der Waals surface area (Å²) in [6.07, 6.45) is 3.32. The van der Waals surface area contributed by atoms with Crippen molar-refractivity contribution >= 4 is 0 Å². The SMILES string of the molecule is COc1cc(OC)cc(C2c3cccn3CCCN2Cc2ccc(C)cc2C)c1. The van der Waals surface area contributed by atoms with E-state index in [-0.39, 0.29) is 6.04 Å². The maximum Gasteiger partial charge on any atom is 0.122 e. The molecule has 1 atom stereocenters. The number of benzene rings is 2. The summed E-state index contributed by atoms with van der Waals surface area (Å²) < 4.78 is 13.5. The lowest BCUT2D eigenvalue weighted by Crippen LogP contribution is -2.29. The first kappa shape index (κ1) is 19.6. The smallest absolute Gasteiger partial charge is 0.122 e. The third kappa shape index (κ3) is 4.03. The molecule has 4 rings (SSSR count). The van der Waals surface area contributed by atoms with E-state index in [0.29, 0.717) is 0 Å². The maximum absolute atomic E-state index is 5.57. The Kier molecular flexibility index (Phi) is 5.63. The van der Waals surface area contributed by atoms with Gasteiger partial charge in [-0.25, -0.2) is 0 Å². The molecule has 1 aliphatic rings. The van der Waals surface area contributed by atoms with Crippen LogP contribution in [0.25, 0.3) is 0 Å². The molecule has 1 unspecified atom stereocenters. The van der Waals surface area contributed by atoms with Crippen LogP contribution < -0.4 is 9.47 Å². The van der Waals surface area contributed by atoms with Gasteiger partial charge >= 0.3 is 0 Å². The number of rotatable bonds is 5. The first-order valence-electron chi connectivity index (χ1n) is 10.3. The Balaban J connectivity index is 1.79. The van der Waals surface area contributed by atoms with E-state index >= 15 is 0 Å². The Morgan fingerprint density at radius 2 is 1.69 bits per heavy atom. The zero-order valence-electron chi connectivity index (χ0n) is 17.8. The molecule has 4 heteroatoms. The summed E-state index contributed by atoms with van der Waals surface area (Å²) in [5.74, 6) is 1.65. The highest BCUT2D eigenvalue weighted by atomic mass is 16.5. The lowest BCUT2D eigenvalue weighted by molar-refractivity contribution is 0.219. The molecular weight excluding hydrogens is 360 g/mol. The lowest BCUT2D eigenvalue weighted by atomic mass is 9.99. The Bertz CT molecular complexity index is 970. The number of methoxy groups -OCH3 is 2. The highest BCUT2D eigenvalue weighted by Gasteiger charge is 2.28. The van der Waals surface area contributed by atoms with E-state index in [4.69, 9.17) is 9.47 Å². The maximum atomic E-state index is 5.57. The summed E-state index contributed by atoms with van der Waals surface area (Å²) in [6, 6.07) is 17.5. The van der Waals surface area contributed by atoms with E-state index in [1.807, 2.05) is 6.07 Å². The summed E-state index contributed by atoms with van der Waals surface area (Å²) in [5, 5.41) is 0. The minimum absolute atomic E-state index is 0.150.